The van der Waals surface area contributed by atoms with Gasteiger partial charge in [0.2, 0.25) is 5.91 Å². The highest BCUT2D eigenvalue weighted by atomic mass is 79.9. The van der Waals surface area contributed by atoms with Gasteiger partial charge in [-0.3, -0.25) is 19.3 Å². The number of nitrogens with zero attached hydrogens (tertiary/aromatic N) is 3. The summed E-state index contributed by atoms with van der Waals surface area (Å²) >= 11 is 3.37. The Balaban J connectivity index is 1.62. The molecule has 35 heavy (non-hydrogen) atoms. The van der Waals surface area contributed by atoms with E-state index in [9.17, 15) is 14.4 Å². The zero-order valence-corrected chi connectivity index (χ0v) is 21.3. The number of rotatable bonds is 8. The molecule has 2 aliphatic heterocycles. The lowest BCUT2D eigenvalue weighted by atomic mass is 10.1. The number of amides is 3. The van der Waals surface area contributed by atoms with Crippen LogP contribution >= 0.6 is 15.9 Å². The minimum atomic E-state index is -0.896. The predicted molar refractivity (Wildman–Crippen MR) is 133 cm³/mol. The first-order valence-electron chi connectivity index (χ1n) is 11.4. The van der Waals surface area contributed by atoms with E-state index in [2.05, 4.69) is 20.8 Å². The van der Waals surface area contributed by atoms with Crippen LogP contribution in [0.1, 0.15) is 16.8 Å². The Bertz CT molecular complexity index is 1090. The van der Waals surface area contributed by atoms with Crippen molar-refractivity contribution in [1.82, 2.24) is 9.80 Å². The van der Waals surface area contributed by atoms with Crippen LogP contribution in [0.4, 0.5) is 5.69 Å². The number of carbonyl (C=O) groups excluding carboxylic acids is 3. The van der Waals surface area contributed by atoms with Crippen LogP contribution < -0.4 is 14.4 Å². The highest BCUT2D eigenvalue weighted by Gasteiger charge is 2.44. The number of methoxy groups -OCH3 is 2. The van der Waals surface area contributed by atoms with Crippen LogP contribution in [0.2, 0.25) is 0 Å². The molecule has 3 amide bonds. The van der Waals surface area contributed by atoms with Crippen molar-refractivity contribution < 1.29 is 28.6 Å². The second kappa shape index (κ2) is 11.2. The number of imide groups is 1. The Hall–Kier alpha value is -2.95. The number of benzene rings is 2. The maximum atomic E-state index is 13.7. The molecule has 10 heteroatoms. The summed E-state index contributed by atoms with van der Waals surface area (Å²) in [5.41, 5.74) is 0.837. The molecule has 1 unspecified atom stereocenters. The van der Waals surface area contributed by atoms with Crippen molar-refractivity contribution in [2.24, 2.45) is 0 Å². The summed E-state index contributed by atoms with van der Waals surface area (Å²) in [6, 6.07) is 10.9. The van der Waals surface area contributed by atoms with Gasteiger partial charge in [-0.2, -0.15) is 0 Å². The van der Waals surface area contributed by atoms with Crippen molar-refractivity contribution in [3.63, 3.8) is 0 Å². The third-order valence-electron chi connectivity index (χ3n) is 6.24. The van der Waals surface area contributed by atoms with Crippen molar-refractivity contribution in [3.05, 3.63) is 52.5 Å². The van der Waals surface area contributed by atoms with Crippen LogP contribution in [0.15, 0.2) is 46.9 Å². The third kappa shape index (κ3) is 5.50. The normalized spacial score (nSPS) is 18.6. The maximum absolute atomic E-state index is 13.7. The van der Waals surface area contributed by atoms with Gasteiger partial charge in [0, 0.05) is 36.2 Å². The van der Waals surface area contributed by atoms with Gasteiger partial charge in [-0.05, 0) is 42.5 Å². The molecule has 4 rings (SSSR count). The van der Waals surface area contributed by atoms with Gasteiger partial charge in [0.1, 0.15) is 6.04 Å². The van der Waals surface area contributed by atoms with Gasteiger partial charge in [0.05, 0.1) is 39.5 Å². The van der Waals surface area contributed by atoms with E-state index in [0.29, 0.717) is 49.1 Å². The van der Waals surface area contributed by atoms with E-state index in [1.165, 1.54) is 24.0 Å². The molecule has 0 saturated carbocycles. The molecule has 9 nitrogen and oxygen atoms in total. The van der Waals surface area contributed by atoms with Gasteiger partial charge < -0.3 is 19.1 Å². The standard InChI is InChI=1S/C25H28BrN3O6/c1-33-21-8-3-17(15-22(21)34-2)24(31)28(10-9-27-11-13-35-14-12-27)20-16-23(30)29(25(20)32)19-6-4-18(26)5-7-19/h3-8,15,20H,9-14,16H2,1-2H3. The highest BCUT2D eigenvalue weighted by molar-refractivity contribution is 9.10. The first-order valence-corrected chi connectivity index (χ1v) is 12.2. The number of hydrogen-bond donors (Lipinski definition) is 0. The SMILES string of the molecule is COc1ccc(C(=O)N(CCN2CCOCC2)C2CC(=O)N(c3ccc(Br)cc3)C2=O)cc1OC. The minimum absolute atomic E-state index is 0.0724. The van der Waals surface area contributed by atoms with E-state index < -0.39 is 11.9 Å². The van der Waals surface area contributed by atoms with Crippen LogP contribution in [0.5, 0.6) is 11.5 Å². The molecule has 0 bridgehead atoms. The molecule has 2 fully saturated rings. The van der Waals surface area contributed by atoms with Crippen LogP contribution in [0.25, 0.3) is 0 Å². The molecule has 1 atom stereocenters. The first kappa shape index (κ1) is 25.2. The zero-order valence-electron chi connectivity index (χ0n) is 19.7. The fraction of sp³-hybridized carbons (Fsp3) is 0.400. The van der Waals surface area contributed by atoms with Crippen molar-refractivity contribution in [2.45, 2.75) is 12.5 Å². The monoisotopic (exact) mass is 545 g/mol. The van der Waals surface area contributed by atoms with Crippen molar-refractivity contribution in [1.29, 1.82) is 0 Å². The Morgan fingerprint density at radius 1 is 1.06 bits per heavy atom. The average Bonchev–Trinajstić information content (AvgIpc) is 3.18. The summed E-state index contributed by atoms with van der Waals surface area (Å²) in [4.78, 5) is 45.0. The predicted octanol–water partition coefficient (Wildman–Crippen LogP) is 2.57. The second-order valence-corrected chi connectivity index (χ2v) is 9.20. The highest BCUT2D eigenvalue weighted by Crippen LogP contribution is 2.31. The molecular formula is C25H28BrN3O6. The fourth-order valence-electron chi connectivity index (χ4n) is 4.33. The molecule has 0 N–H and O–H groups in total. The Morgan fingerprint density at radius 3 is 2.40 bits per heavy atom. The Kier molecular flexibility index (Phi) is 8.04. The third-order valence-corrected chi connectivity index (χ3v) is 6.76. The second-order valence-electron chi connectivity index (χ2n) is 8.29. The fourth-order valence-corrected chi connectivity index (χ4v) is 4.59. The summed E-state index contributed by atoms with van der Waals surface area (Å²) in [7, 11) is 3.02. The topological polar surface area (TPSA) is 88.6 Å². The number of morpholine rings is 1. The number of carbonyl (C=O) groups is 3. The van der Waals surface area contributed by atoms with E-state index in [1.54, 1.807) is 42.5 Å². The van der Waals surface area contributed by atoms with E-state index >= 15 is 0 Å². The van der Waals surface area contributed by atoms with Crippen molar-refractivity contribution >= 4 is 39.3 Å². The van der Waals surface area contributed by atoms with E-state index in [4.69, 9.17) is 14.2 Å². The summed E-state index contributed by atoms with van der Waals surface area (Å²) in [5, 5.41) is 0. The smallest absolute Gasteiger partial charge is 0.257 e. The molecule has 0 radical (unpaired) electrons. The van der Waals surface area contributed by atoms with Crippen molar-refractivity contribution in [2.75, 3.05) is 58.5 Å². The molecule has 0 aromatic heterocycles. The number of hydrogen-bond acceptors (Lipinski definition) is 7. The molecule has 186 valence electrons. The summed E-state index contributed by atoms with van der Waals surface area (Å²) in [6.45, 7) is 3.62. The molecule has 2 aliphatic rings. The molecular weight excluding hydrogens is 518 g/mol. The lowest BCUT2D eigenvalue weighted by molar-refractivity contribution is -0.122. The van der Waals surface area contributed by atoms with Gasteiger partial charge in [0.15, 0.2) is 11.5 Å². The lowest BCUT2D eigenvalue weighted by Crippen LogP contribution is -2.49. The number of anilines is 1. The van der Waals surface area contributed by atoms with Gasteiger partial charge in [-0.15, -0.1) is 0 Å². The molecule has 2 aromatic rings. The Labute approximate surface area is 212 Å². The zero-order chi connectivity index (χ0) is 24.9. The number of ether oxygens (including phenoxy) is 3. The summed E-state index contributed by atoms with van der Waals surface area (Å²) < 4.78 is 16.9. The van der Waals surface area contributed by atoms with Gasteiger partial charge in [0.25, 0.3) is 11.8 Å². The van der Waals surface area contributed by atoms with Gasteiger partial charge in [-0.25, -0.2) is 4.90 Å². The lowest BCUT2D eigenvalue weighted by Gasteiger charge is -2.32. The molecule has 2 aromatic carbocycles. The largest absolute Gasteiger partial charge is 0.493 e. The van der Waals surface area contributed by atoms with Crippen LogP contribution in [0.3, 0.4) is 0 Å². The minimum Gasteiger partial charge on any atom is -0.493 e. The summed E-state index contributed by atoms with van der Waals surface area (Å²) in [5.74, 6) is -0.177. The van der Waals surface area contributed by atoms with Gasteiger partial charge in [-0.1, -0.05) is 15.9 Å². The maximum Gasteiger partial charge on any atom is 0.257 e. The van der Waals surface area contributed by atoms with Crippen LogP contribution in [-0.4, -0.2) is 87.2 Å². The van der Waals surface area contributed by atoms with Crippen LogP contribution in [0, 0.1) is 0 Å². The Morgan fingerprint density at radius 2 is 1.74 bits per heavy atom. The van der Waals surface area contributed by atoms with Crippen LogP contribution in [-0.2, 0) is 14.3 Å². The van der Waals surface area contributed by atoms with Gasteiger partial charge >= 0.3 is 0 Å². The quantitative estimate of drug-likeness (QED) is 0.471. The molecule has 2 heterocycles. The number of halogens is 1. The summed E-state index contributed by atoms with van der Waals surface area (Å²) in [6.07, 6.45) is -0.0724. The van der Waals surface area contributed by atoms with E-state index in [-0.39, 0.29) is 18.2 Å². The molecule has 2 saturated heterocycles. The average molecular weight is 546 g/mol. The van der Waals surface area contributed by atoms with Crippen molar-refractivity contribution in [3.8, 4) is 11.5 Å². The first-order chi connectivity index (χ1) is 16.9. The van der Waals surface area contributed by atoms with E-state index in [0.717, 1.165) is 17.6 Å². The van der Waals surface area contributed by atoms with E-state index in [1.807, 2.05) is 0 Å². The molecule has 0 spiro atoms. The molecule has 0 aliphatic carbocycles.